The quantitative estimate of drug-likeness (QED) is 0.590. The average molecular weight is 399 g/mol. The Morgan fingerprint density at radius 2 is 1.71 bits per heavy atom. The predicted octanol–water partition coefficient (Wildman–Crippen LogP) is 4.90. The van der Waals surface area contributed by atoms with Crippen LogP contribution >= 0.6 is 11.6 Å². The lowest BCUT2D eigenvalue weighted by atomic mass is 10.3. The van der Waals surface area contributed by atoms with Crippen LogP contribution < -0.4 is 4.90 Å². The molecule has 0 spiro atoms. The Hall–Kier alpha value is -2.37. The standard InChI is InChI=1S/C22H24ClFN4/c1-26(20-10-6-18(24)7-11-20)16-22-25-19(14-27-12-2-3-13-27)15-28(22)21-8-4-17(23)5-9-21/h4-11,15H,2-3,12-14,16H2,1H3. The Morgan fingerprint density at radius 3 is 2.39 bits per heavy atom. The van der Waals surface area contributed by atoms with E-state index >= 15 is 0 Å². The van der Waals surface area contributed by atoms with Crippen LogP contribution in [-0.4, -0.2) is 34.6 Å². The summed E-state index contributed by atoms with van der Waals surface area (Å²) in [6, 6.07) is 14.3. The molecule has 4 nitrogen and oxygen atoms in total. The van der Waals surface area contributed by atoms with Crippen molar-refractivity contribution < 1.29 is 4.39 Å². The van der Waals surface area contributed by atoms with Crippen molar-refractivity contribution in [3.05, 3.63) is 77.1 Å². The molecule has 0 amide bonds. The number of hydrogen-bond donors (Lipinski definition) is 0. The summed E-state index contributed by atoms with van der Waals surface area (Å²) < 4.78 is 15.4. The molecule has 0 aliphatic carbocycles. The van der Waals surface area contributed by atoms with Gasteiger partial charge in [0.25, 0.3) is 0 Å². The number of likely N-dealkylation sites (tertiary alicyclic amines) is 1. The van der Waals surface area contributed by atoms with Crippen LogP contribution in [0.2, 0.25) is 5.02 Å². The van der Waals surface area contributed by atoms with Crippen molar-refractivity contribution in [1.29, 1.82) is 0 Å². The second kappa shape index (κ2) is 8.33. The number of anilines is 1. The number of halogens is 2. The maximum absolute atomic E-state index is 13.2. The van der Waals surface area contributed by atoms with Gasteiger partial charge in [0.1, 0.15) is 11.6 Å². The molecule has 0 atom stereocenters. The van der Waals surface area contributed by atoms with Crippen LogP contribution in [0.3, 0.4) is 0 Å². The van der Waals surface area contributed by atoms with E-state index in [1.165, 1.54) is 25.0 Å². The third-order valence-electron chi connectivity index (χ3n) is 5.16. The van der Waals surface area contributed by atoms with Gasteiger partial charge in [0.15, 0.2) is 0 Å². The van der Waals surface area contributed by atoms with Crippen LogP contribution in [0.4, 0.5) is 10.1 Å². The molecular weight excluding hydrogens is 375 g/mol. The Bertz CT molecular complexity index is 915. The molecule has 1 saturated heterocycles. The average Bonchev–Trinajstić information content (AvgIpc) is 3.33. The second-order valence-corrected chi connectivity index (χ2v) is 7.75. The molecule has 3 aromatic rings. The molecule has 0 N–H and O–H groups in total. The Labute approximate surface area is 170 Å². The van der Waals surface area contributed by atoms with E-state index < -0.39 is 0 Å². The van der Waals surface area contributed by atoms with E-state index in [-0.39, 0.29) is 5.82 Å². The van der Waals surface area contributed by atoms with Gasteiger partial charge in [0.05, 0.1) is 12.2 Å². The molecule has 1 aliphatic rings. The van der Waals surface area contributed by atoms with Crippen LogP contribution in [0.5, 0.6) is 0 Å². The summed E-state index contributed by atoms with van der Waals surface area (Å²) in [6.45, 7) is 3.76. The van der Waals surface area contributed by atoms with Crippen LogP contribution in [0.25, 0.3) is 5.69 Å². The molecule has 1 aliphatic heterocycles. The van der Waals surface area contributed by atoms with Gasteiger partial charge < -0.3 is 9.47 Å². The first-order chi connectivity index (χ1) is 13.6. The minimum Gasteiger partial charge on any atom is -0.367 e. The summed E-state index contributed by atoms with van der Waals surface area (Å²) in [4.78, 5) is 9.45. The van der Waals surface area contributed by atoms with Crippen LogP contribution in [-0.2, 0) is 13.1 Å². The van der Waals surface area contributed by atoms with E-state index in [1.54, 1.807) is 12.1 Å². The first kappa shape index (κ1) is 19.0. The minimum atomic E-state index is -0.229. The number of benzene rings is 2. The molecule has 0 unspecified atom stereocenters. The molecule has 146 valence electrons. The number of nitrogens with zero attached hydrogens (tertiary/aromatic N) is 4. The van der Waals surface area contributed by atoms with E-state index in [2.05, 4.69) is 20.6 Å². The van der Waals surface area contributed by atoms with Gasteiger partial charge in [0, 0.05) is 36.2 Å². The van der Waals surface area contributed by atoms with Gasteiger partial charge in [-0.1, -0.05) is 11.6 Å². The monoisotopic (exact) mass is 398 g/mol. The van der Waals surface area contributed by atoms with Gasteiger partial charge in [-0.25, -0.2) is 9.37 Å². The first-order valence-corrected chi connectivity index (χ1v) is 9.98. The van der Waals surface area contributed by atoms with Crippen LogP contribution in [0.15, 0.2) is 54.7 Å². The topological polar surface area (TPSA) is 24.3 Å². The Balaban J connectivity index is 1.62. The maximum atomic E-state index is 13.2. The highest BCUT2D eigenvalue weighted by Gasteiger charge is 2.17. The van der Waals surface area contributed by atoms with E-state index in [0.29, 0.717) is 11.6 Å². The molecule has 4 rings (SSSR count). The normalized spacial score (nSPS) is 14.5. The van der Waals surface area contributed by atoms with Crippen molar-refractivity contribution in [3.8, 4) is 5.69 Å². The molecular formula is C22H24ClFN4. The number of hydrogen-bond acceptors (Lipinski definition) is 3. The zero-order chi connectivity index (χ0) is 19.5. The lowest BCUT2D eigenvalue weighted by Gasteiger charge is -2.19. The summed E-state index contributed by atoms with van der Waals surface area (Å²) in [5.74, 6) is 0.719. The van der Waals surface area contributed by atoms with Crippen LogP contribution in [0, 0.1) is 5.82 Å². The number of aromatic nitrogens is 2. The lowest BCUT2D eigenvalue weighted by Crippen LogP contribution is -2.20. The molecule has 0 radical (unpaired) electrons. The number of rotatable bonds is 6. The van der Waals surface area contributed by atoms with E-state index in [1.807, 2.05) is 31.3 Å². The fourth-order valence-electron chi connectivity index (χ4n) is 3.65. The van der Waals surface area contributed by atoms with Crippen molar-refractivity contribution >= 4 is 17.3 Å². The Kier molecular flexibility index (Phi) is 5.64. The van der Waals surface area contributed by atoms with Crippen molar-refractivity contribution in [1.82, 2.24) is 14.5 Å². The third kappa shape index (κ3) is 4.37. The van der Waals surface area contributed by atoms with Crippen molar-refractivity contribution in [3.63, 3.8) is 0 Å². The van der Waals surface area contributed by atoms with E-state index in [0.717, 1.165) is 42.5 Å². The number of imidazole rings is 1. The molecule has 2 heterocycles. The van der Waals surface area contributed by atoms with Crippen molar-refractivity contribution in [2.24, 2.45) is 0 Å². The first-order valence-electron chi connectivity index (χ1n) is 9.60. The van der Waals surface area contributed by atoms with Gasteiger partial charge in [-0.3, -0.25) is 4.90 Å². The van der Waals surface area contributed by atoms with E-state index in [9.17, 15) is 4.39 Å². The molecule has 1 aromatic heterocycles. The van der Waals surface area contributed by atoms with Crippen molar-refractivity contribution in [2.75, 3.05) is 25.0 Å². The molecule has 6 heteroatoms. The summed E-state index contributed by atoms with van der Waals surface area (Å²) in [7, 11) is 1.99. The highest BCUT2D eigenvalue weighted by Crippen LogP contribution is 2.21. The molecule has 0 bridgehead atoms. The summed E-state index contributed by atoms with van der Waals surface area (Å²) >= 11 is 6.06. The maximum Gasteiger partial charge on any atom is 0.133 e. The lowest BCUT2D eigenvalue weighted by molar-refractivity contribution is 0.327. The zero-order valence-corrected chi connectivity index (χ0v) is 16.7. The fraction of sp³-hybridized carbons (Fsp3) is 0.318. The third-order valence-corrected chi connectivity index (χ3v) is 5.42. The molecule has 28 heavy (non-hydrogen) atoms. The van der Waals surface area contributed by atoms with Crippen molar-refractivity contribution in [2.45, 2.75) is 25.9 Å². The SMILES string of the molecule is CN(Cc1nc(CN2CCCC2)cn1-c1ccc(Cl)cc1)c1ccc(F)cc1. The second-order valence-electron chi connectivity index (χ2n) is 7.31. The fourth-order valence-corrected chi connectivity index (χ4v) is 3.78. The van der Waals surface area contributed by atoms with Gasteiger partial charge >= 0.3 is 0 Å². The summed E-state index contributed by atoms with van der Waals surface area (Å²) in [5, 5.41) is 0.714. The highest BCUT2D eigenvalue weighted by atomic mass is 35.5. The summed E-state index contributed by atoms with van der Waals surface area (Å²) in [5.41, 5.74) is 3.06. The smallest absolute Gasteiger partial charge is 0.133 e. The van der Waals surface area contributed by atoms with E-state index in [4.69, 9.17) is 16.6 Å². The molecule has 0 saturated carbocycles. The minimum absolute atomic E-state index is 0.229. The summed E-state index contributed by atoms with van der Waals surface area (Å²) in [6.07, 6.45) is 4.64. The predicted molar refractivity (Wildman–Crippen MR) is 112 cm³/mol. The zero-order valence-electron chi connectivity index (χ0n) is 16.0. The largest absolute Gasteiger partial charge is 0.367 e. The molecule has 2 aromatic carbocycles. The Morgan fingerprint density at radius 1 is 1.04 bits per heavy atom. The highest BCUT2D eigenvalue weighted by molar-refractivity contribution is 6.30. The van der Waals surface area contributed by atoms with Gasteiger partial charge in [-0.2, -0.15) is 0 Å². The molecule has 1 fully saturated rings. The van der Waals surface area contributed by atoms with Gasteiger partial charge in [0.2, 0.25) is 0 Å². The van der Waals surface area contributed by atoms with Gasteiger partial charge in [-0.05, 0) is 74.5 Å². The van der Waals surface area contributed by atoms with Gasteiger partial charge in [-0.15, -0.1) is 0 Å². The van der Waals surface area contributed by atoms with Crippen LogP contribution in [0.1, 0.15) is 24.4 Å².